The molecule has 2 heterocycles. The van der Waals surface area contributed by atoms with Crippen molar-refractivity contribution in [2.45, 2.75) is 38.5 Å². The van der Waals surface area contributed by atoms with Crippen molar-refractivity contribution in [3.63, 3.8) is 0 Å². The third kappa shape index (κ3) is 3.48. The largest absolute Gasteiger partial charge is 0.496 e. The fraction of sp³-hybridized carbons (Fsp3) is 0.423. The molecule has 1 aliphatic carbocycles. The van der Waals surface area contributed by atoms with Crippen LogP contribution in [0.15, 0.2) is 42.6 Å². The van der Waals surface area contributed by atoms with E-state index in [4.69, 9.17) is 9.47 Å². The second kappa shape index (κ2) is 8.26. The number of methoxy groups -OCH3 is 2. The van der Waals surface area contributed by atoms with Gasteiger partial charge in [-0.1, -0.05) is 12.1 Å². The topological polar surface area (TPSA) is 74.8 Å². The lowest BCUT2D eigenvalue weighted by atomic mass is 9.89. The van der Waals surface area contributed by atoms with Crippen LogP contribution in [0.2, 0.25) is 0 Å². The summed E-state index contributed by atoms with van der Waals surface area (Å²) >= 11 is 0. The number of ether oxygens (including phenoxy) is 2. The van der Waals surface area contributed by atoms with Crippen molar-refractivity contribution in [1.82, 2.24) is 9.88 Å². The fourth-order valence-corrected chi connectivity index (χ4v) is 6.01. The first-order chi connectivity index (χ1) is 15.5. The summed E-state index contributed by atoms with van der Waals surface area (Å²) in [5, 5.41) is 10.5. The van der Waals surface area contributed by atoms with Crippen molar-refractivity contribution in [3.05, 3.63) is 64.8 Å². The molecule has 2 N–H and O–H groups in total. The van der Waals surface area contributed by atoms with Crippen LogP contribution in [0, 0.1) is 18.8 Å². The molecule has 2 aliphatic rings. The van der Waals surface area contributed by atoms with Crippen molar-refractivity contribution < 1.29 is 19.4 Å². The molecule has 0 bridgehead atoms. The van der Waals surface area contributed by atoms with Gasteiger partial charge in [-0.3, -0.25) is 4.90 Å². The summed E-state index contributed by atoms with van der Waals surface area (Å²) in [5.41, 5.74) is 5.03. The number of nitrogens with zero attached hydrogens (tertiary/aromatic N) is 1. The fourth-order valence-electron chi connectivity index (χ4n) is 6.01. The van der Waals surface area contributed by atoms with Gasteiger partial charge in [0.25, 0.3) is 0 Å². The van der Waals surface area contributed by atoms with Gasteiger partial charge in [-0.05, 0) is 67.0 Å². The maximum atomic E-state index is 11.4. The summed E-state index contributed by atoms with van der Waals surface area (Å²) in [6.45, 7) is 3.88. The number of hydrogen-bond acceptors (Lipinski definition) is 4. The highest BCUT2D eigenvalue weighted by Crippen LogP contribution is 2.51. The number of rotatable bonds is 6. The van der Waals surface area contributed by atoms with E-state index in [1.807, 2.05) is 18.3 Å². The first-order valence-corrected chi connectivity index (χ1v) is 11.2. The van der Waals surface area contributed by atoms with Gasteiger partial charge in [0.15, 0.2) is 0 Å². The van der Waals surface area contributed by atoms with E-state index >= 15 is 0 Å². The van der Waals surface area contributed by atoms with Crippen LogP contribution >= 0.6 is 0 Å². The summed E-state index contributed by atoms with van der Waals surface area (Å²) in [5.74, 6) is 1.09. The number of carboxylic acids is 1. The average molecular weight is 435 g/mol. The van der Waals surface area contributed by atoms with Crippen molar-refractivity contribution in [2.24, 2.45) is 11.8 Å². The lowest BCUT2D eigenvalue weighted by molar-refractivity contribution is 0.0697. The van der Waals surface area contributed by atoms with Gasteiger partial charge in [0, 0.05) is 48.9 Å². The highest BCUT2D eigenvalue weighted by Gasteiger charge is 2.48. The van der Waals surface area contributed by atoms with Gasteiger partial charge in [-0.25, -0.2) is 4.79 Å². The third-order valence-electron chi connectivity index (χ3n) is 7.50. The minimum atomic E-state index is -0.891. The molecule has 6 nitrogen and oxygen atoms in total. The zero-order valence-corrected chi connectivity index (χ0v) is 18.8. The van der Waals surface area contributed by atoms with Crippen molar-refractivity contribution in [2.75, 3.05) is 20.8 Å². The zero-order chi connectivity index (χ0) is 22.4. The molecule has 1 saturated heterocycles. The first-order valence-electron chi connectivity index (χ1n) is 11.2. The summed E-state index contributed by atoms with van der Waals surface area (Å²) < 4.78 is 11.5. The Balaban J connectivity index is 1.53. The molecule has 0 spiro atoms. The van der Waals surface area contributed by atoms with E-state index in [2.05, 4.69) is 28.9 Å². The standard InChI is InChI=1S/C26H30N2O4/c1-15-10-23(32-3)22(20-8-9-27-24(15)20)14-28-13-18-11-19(31-2)12-21(18)25(28)16-4-6-17(7-5-16)26(29)30/h4-10,18-19,21,25,27H,11-14H2,1-3H3,(H,29,30)/t18-,19?,21-,25?/m0/s1. The van der Waals surface area contributed by atoms with Gasteiger partial charge < -0.3 is 19.6 Å². The molecule has 0 amide bonds. The number of hydrogen-bond donors (Lipinski definition) is 2. The van der Waals surface area contributed by atoms with E-state index < -0.39 is 5.97 Å². The Labute approximate surface area is 188 Å². The molecular weight excluding hydrogens is 404 g/mol. The number of nitrogens with one attached hydrogen (secondary N) is 1. The van der Waals surface area contributed by atoms with E-state index in [9.17, 15) is 9.90 Å². The van der Waals surface area contributed by atoms with Gasteiger partial charge in [-0.15, -0.1) is 0 Å². The molecule has 1 aromatic heterocycles. The number of aromatic nitrogens is 1. The number of aromatic amines is 1. The van der Waals surface area contributed by atoms with Crippen LogP contribution in [-0.4, -0.2) is 47.8 Å². The lowest BCUT2D eigenvalue weighted by Crippen LogP contribution is -2.27. The lowest BCUT2D eigenvalue weighted by Gasteiger charge is -2.30. The van der Waals surface area contributed by atoms with Crippen molar-refractivity contribution in [3.8, 4) is 5.75 Å². The maximum Gasteiger partial charge on any atom is 0.335 e. The van der Waals surface area contributed by atoms with Gasteiger partial charge >= 0.3 is 5.97 Å². The zero-order valence-electron chi connectivity index (χ0n) is 18.8. The Hall–Kier alpha value is -2.83. The third-order valence-corrected chi connectivity index (χ3v) is 7.50. The minimum absolute atomic E-state index is 0.225. The molecule has 6 heteroatoms. The summed E-state index contributed by atoms with van der Waals surface area (Å²) in [4.78, 5) is 17.3. The minimum Gasteiger partial charge on any atom is -0.496 e. The Kier molecular flexibility index (Phi) is 5.43. The number of aryl methyl sites for hydroxylation is 1. The van der Waals surface area contributed by atoms with Crippen molar-refractivity contribution >= 4 is 16.9 Å². The molecule has 0 radical (unpaired) electrons. The maximum absolute atomic E-state index is 11.4. The van der Waals surface area contributed by atoms with E-state index in [0.29, 0.717) is 23.5 Å². The Morgan fingerprint density at radius 3 is 2.66 bits per heavy atom. The Bertz CT molecular complexity index is 1140. The summed E-state index contributed by atoms with van der Waals surface area (Å²) in [6.07, 6.45) is 4.41. The molecule has 2 aromatic carbocycles. The SMILES string of the molecule is COc1cc(C)c2[nH]ccc2c1CN1C[C@@H]2CC(OC)C[C@@H]2C1c1ccc(C(=O)O)cc1. The van der Waals surface area contributed by atoms with Gasteiger partial charge in [0.2, 0.25) is 0 Å². The predicted molar refractivity (Wildman–Crippen MR) is 123 cm³/mol. The molecule has 3 aromatic rings. The molecule has 2 unspecified atom stereocenters. The number of benzene rings is 2. The van der Waals surface area contributed by atoms with Crippen LogP contribution in [-0.2, 0) is 11.3 Å². The molecule has 1 aliphatic heterocycles. The van der Waals surface area contributed by atoms with E-state index in [0.717, 1.165) is 37.2 Å². The van der Waals surface area contributed by atoms with Gasteiger partial charge in [-0.2, -0.15) is 0 Å². The molecule has 2 fully saturated rings. The summed E-state index contributed by atoms with van der Waals surface area (Å²) in [6, 6.07) is 11.9. The molecule has 5 rings (SSSR count). The summed E-state index contributed by atoms with van der Waals surface area (Å²) in [7, 11) is 3.54. The quantitative estimate of drug-likeness (QED) is 0.584. The number of likely N-dealkylation sites (tertiary alicyclic amines) is 1. The van der Waals surface area contributed by atoms with Crippen LogP contribution in [0.25, 0.3) is 10.9 Å². The highest BCUT2D eigenvalue weighted by molar-refractivity contribution is 5.88. The number of aromatic carboxylic acids is 1. The van der Waals surface area contributed by atoms with E-state index in [-0.39, 0.29) is 6.04 Å². The normalized spacial score (nSPS) is 25.3. The molecule has 4 atom stereocenters. The predicted octanol–water partition coefficient (Wildman–Crippen LogP) is 4.78. The molecule has 32 heavy (non-hydrogen) atoms. The van der Waals surface area contributed by atoms with Gasteiger partial charge in [0.05, 0.1) is 18.8 Å². The van der Waals surface area contributed by atoms with Crippen molar-refractivity contribution in [1.29, 1.82) is 0 Å². The van der Waals surface area contributed by atoms with Crippen LogP contribution in [0.4, 0.5) is 0 Å². The Morgan fingerprint density at radius 1 is 1.19 bits per heavy atom. The van der Waals surface area contributed by atoms with Crippen LogP contribution in [0.1, 0.15) is 45.9 Å². The highest BCUT2D eigenvalue weighted by atomic mass is 16.5. The molecular formula is C26H30N2O4. The Morgan fingerprint density at radius 2 is 1.97 bits per heavy atom. The smallest absolute Gasteiger partial charge is 0.335 e. The monoisotopic (exact) mass is 434 g/mol. The van der Waals surface area contributed by atoms with Crippen LogP contribution in [0.3, 0.4) is 0 Å². The first kappa shape index (κ1) is 21.0. The van der Waals surface area contributed by atoms with Gasteiger partial charge in [0.1, 0.15) is 5.75 Å². The van der Waals surface area contributed by atoms with Crippen LogP contribution in [0.5, 0.6) is 5.75 Å². The second-order valence-electron chi connectivity index (χ2n) is 9.20. The van der Waals surface area contributed by atoms with E-state index in [1.165, 1.54) is 22.1 Å². The van der Waals surface area contributed by atoms with E-state index in [1.54, 1.807) is 26.4 Å². The average Bonchev–Trinajstić information content (AvgIpc) is 3.50. The van der Waals surface area contributed by atoms with Crippen LogP contribution < -0.4 is 4.74 Å². The number of carbonyl (C=O) groups is 1. The number of fused-ring (bicyclic) bond motifs is 2. The second-order valence-corrected chi connectivity index (χ2v) is 9.20. The number of carboxylic acid groups (broad SMARTS) is 1. The number of H-pyrrole nitrogens is 1. The molecule has 168 valence electrons. The molecule has 1 saturated carbocycles.